The van der Waals surface area contributed by atoms with E-state index in [-0.39, 0.29) is 0 Å². The van der Waals surface area contributed by atoms with Gasteiger partial charge in [-0.25, -0.2) is 8.42 Å². The molecule has 0 aliphatic carbocycles. The van der Waals surface area contributed by atoms with E-state index in [4.69, 9.17) is 0 Å². The fourth-order valence-corrected chi connectivity index (χ4v) is 4.43. The average Bonchev–Trinajstić information content (AvgIpc) is 2.33. The van der Waals surface area contributed by atoms with Crippen LogP contribution in [0, 0.1) is 12.8 Å². The van der Waals surface area contributed by atoms with Crippen molar-refractivity contribution < 1.29 is 8.42 Å². The number of rotatable bonds is 2. The molecule has 1 aromatic rings. The van der Waals surface area contributed by atoms with Gasteiger partial charge in [-0.2, -0.15) is 4.31 Å². The highest BCUT2D eigenvalue weighted by Crippen LogP contribution is 2.28. The van der Waals surface area contributed by atoms with Gasteiger partial charge in [0, 0.05) is 17.9 Å². The molecule has 0 spiro atoms. The number of hydrogen-bond acceptors (Lipinski definition) is 2. The van der Waals surface area contributed by atoms with Crippen molar-refractivity contribution in [1.82, 2.24) is 4.31 Å². The first-order valence-corrected chi connectivity index (χ1v) is 8.48. The Bertz CT molecular complexity index is 530. The Balaban J connectivity index is 2.30. The third-order valence-corrected chi connectivity index (χ3v) is 6.86. The second-order valence-electron chi connectivity index (χ2n) is 4.91. The molecule has 1 heterocycles. The molecule has 1 aromatic carbocycles. The zero-order valence-electron chi connectivity index (χ0n) is 10.6. The largest absolute Gasteiger partial charge is 0.243 e. The van der Waals surface area contributed by atoms with Crippen molar-refractivity contribution >= 4 is 26.0 Å². The van der Waals surface area contributed by atoms with E-state index in [1.807, 2.05) is 19.1 Å². The first-order chi connectivity index (χ1) is 8.43. The Morgan fingerprint density at radius 2 is 2.00 bits per heavy atom. The topological polar surface area (TPSA) is 37.4 Å². The molecule has 0 bridgehead atoms. The van der Waals surface area contributed by atoms with Crippen LogP contribution in [-0.4, -0.2) is 30.6 Å². The van der Waals surface area contributed by atoms with E-state index in [0.717, 1.165) is 12.0 Å². The molecule has 2 unspecified atom stereocenters. The first kappa shape index (κ1) is 14.0. The molecule has 0 saturated carbocycles. The Morgan fingerprint density at radius 3 is 2.61 bits per heavy atom. The molecule has 2 rings (SSSR count). The molecular formula is C13H18BrNO2S. The van der Waals surface area contributed by atoms with Crippen molar-refractivity contribution in [2.45, 2.75) is 30.0 Å². The average molecular weight is 332 g/mol. The Labute approximate surface area is 117 Å². The van der Waals surface area contributed by atoms with Crippen molar-refractivity contribution in [1.29, 1.82) is 0 Å². The summed E-state index contributed by atoms with van der Waals surface area (Å²) in [5.74, 6) is 0.345. The SMILES string of the molecule is Cc1ccccc1S(=O)(=O)N1CCC(Br)C(C)C1. The minimum atomic E-state index is -3.34. The molecule has 1 aliphatic rings. The van der Waals surface area contributed by atoms with Gasteiger partial charge in [-0.3, -0.25) is 0 Å². The van der Waals surface area contributed by atoms with Crippen LogP contribution in [0.3, 0.4) is 0 Å². The van der Waals surface area contributed by atoms with Crippen molar-refractivity contribution in [2.24, 2.45) is 5.92 Å². The maximum atomic E-state index is 12.6. The summed E-state index contributed by atoms with van der Waals surface area (Å²) in [6.07, 6.45) is 0.867. The molecule has 2 atom stereocenters. The Kier molecular flexibility index (Phi) is 4.14. The maximum absolute atomic E-state index is 12.6. The highest BCUT2D eigenvalue weighted by molar-refractivity contribution is 9.09. The summed E-state index contributed by atoms with van der Waals surface area (Å²) < 4.78 is 26.8. The van der Waals surface area contributed by atoms with Gasteiger partial charge in [0.15, 0.2) is 0 Å². The maximum Gasteiger partial charge on any atom is 0.243 e. The molecule has 0 aromatic heterocycles. The van der Waals surface area contributed by atoms with Crippen LogP contribution in [-0.2, 0) is 10.0 Å². The lowest BCUT2D eigenvalue weighted by Gasteiger charge is -2.33. The number of halogens is 1. The third kappa shape index (κ3) is 2.63. The normalized spacial score (nSPS) is 26.2. The highest BCUT2D eigenvalue weighted by atomic mass is 79.9. The molecule has 3 nitrogen and oxygen atoms in total. The molecule has 1 aliphatic heterocycles. The number of alkyl halides is 1. The lowest BCUT2D eigenvalue weighted by molar-refractivity contribution is 0.291. The zero-order valence-corrected chi connectivity index (χ0v) is 13.0. The molecule has 0 radical (unpaired) electrons. The van der Waals surface area contributed by atoms with Gasteiger partial charge >= 0.3 is 0 Å². The summed E-state index contributed by atoms with van der Waals surface area (Å²) in [7, 11) is -3.34. The molecule has 18 heavy (non-hydrogen) atoms. The van der Waals surface area contributed by atoms with Crippen LogP contribution in [0.5, 0.6) is 0 Å². The predicted octanol–water partition coefficient (Wildman–Crippen LogP) is 2.79. The lowest BCUT2D eigenvalue weighted by atomic mass is 10.0. The third-order valence-electron chi connectivity index (χ3n) is 3.47. The van der Waals surface area contributed by atoms with Crippen LogP contribution in [0.1, 0.15) is 18.9 Å². The van der Waals surface area contributed by atoms with Crippen molar-refractivity contribution in [3.8, 4) is 0 Å². The fourth-order valence-electron chi connectivity index (χ4n) is 2.28. The van der Waals surface area contributed by atoms with Gasteiger partial charge in [0.1, 0.15) is 0 Å². The minimum Gasteiger partial charge on any atom is -0.207 e. The van der Waals surface area contributed by atoms with Gasteiger partial charge in [-0.15, -0.1) is 0 Å². The van der Waals surface area contributed by atoms with Gasteiger partial charge in [0.2, 0.25) is 10.0 Å². The second kappa shape index (κ2) is 5.31. The van der Waals surface area contributed by atoms with Crippen LogP contribution in [0.4, 0.5) is 0 Å². The van der Waals surface area contributed by atoms with Crippen LogP contribution in [0.2, 0.25) is 0 Å². The van der Waals surface area contributed by atoms with Gasteiger partial charge in [0.25, 0.3) is 0 Å². The zero-order chi connectivity index (χ0) is 13.3. The summed E-state index contributed by atoms with van der Waals surface area (Å²) in [4.78, 5) is 0.853. The van der Waals surface area contributed by atoms with Gasteiger partial charge in [0.05, 0.1) is 4.90 Å². The van der Waals surface area contributed by atoms with Crippen LogP contribution >= 0.6 is 15.9 Å². The summed E-state index contributed by atoms with van der Waals surface area (Å²) in [6, 6.07) is 7.17. The van der Waals surface area contributed by atoms with Gasteiger partial charge in [-0.1, -0.05) is 41.1 Å². The fraction of sp³-hybridized carbons (Fsp3) is 0.538. The smallest absolute Gasteiger partial charge is 0.207 e. The number of hydrogen-bond donors (Lipinski definition) is 0. The molecule has 1 saturated heterocycles. The summed E-state index contributed by atoms with van der Waals surface area (Å²) in [6.45, 7) is 5.11. The minimum absolute atomic E-state index is 0.345. The van der Waals surface area contributed by atoms with E-state index in [9.17, 15) is 8.42 Å². The Morgan fingerprint density at radius 1 is 1.33 bits per heavy atom. The number of aryl methyl sites for hydroxylation is 1. The highest BCUT2D eigenvalue weighted by Gasteiger charge is 2.32. The van der Waals surface area contributed by atoms with Gasteiger partial charge < -0.3 is 0 Å². The summed E-state index contributed by atoms with van der Waals surface area (Å²) >= 11 is 3.60. The summed E-state index contributed by atoms with van der Waals surface area (Å²) in [5.41, 5.74) is 0.811. The lowest BCUT2D eigenvalue weighted by Crippen LogP contribution is -2.43. The van der Waals surface area contributed by atoms with Crippen LogP contribution in [0.25, 0.3) is 0 Å². The quantitative estimate of drug-likeness (QED) is 0.781. The van der Waals surface area contributed by atoms with Crippen molar-refractivity contribution in [3.63, 3.8) is 0 Å². The number of nitrogens with zero attached hydrogens (tertiary/aromatic N) is 1. The Hall–Kier alpha value is -0.390. The van der Waals surface area contributed by atoms with Gasteiger partial charge in [-0.05, 0) is 30.9 Å². The monoisotopic (exact) mass is 331 g/mol. The van der Waals surface area contributed by atoms with E-state index < -0.39 is 10.0 Å². The number of sulfonamides is 1. The second-order valence-corrected chi connectivity index (χ2v) is 7.99. The molecule has 100 valence electrons. The van der Waals surface area contributed by atoms with Crippen molar-refractivity contribution in [3.05, 3.63) is 29.8 Å². The molecule has 0 N–H and O–H groups in total. The first-order valence-electron chi connectivity index (χ1n) is 6.13. The number of benzene rings is 1. The van der Waals surface area contributed by atoms with Crippen molar-refractivity contribution in [2.75, 3.05) is 13.1 Å². The molecule has 5 heteroatoms. The number of piperidine rings is 1. The van der Waals surface area contributed by atoms with E-state index in [1.165, 1.54) is 0 Å². The molecule has 1 fully saturated rings. The van der Waals surface area contributed by atoms with E-state index in [1.54, 1.807) is 16.4 Å². The van der Waals surface area contributed by atoms with Crippen LogP contribution in [0.15, 0.2) is 29.2 Å². The summed E-state index contributed by atoms with van der Waals surface area (Å²) in [5, 5.41) is 0. The molecular weight excluding hydrogens is 314 g/mol. The van der Waals surface area contributed by atoms with E-state index >= 15 is 0 Å². The van der Waals surface area contributed by atoms with E-state index in [0.29, 0.717) is 28.7 Å². The predicted molar refractivity (Wildman–Crippen MR) is 76.4 cm³/mol. The molecule has 0 amide bonds. The van der Waals surface area contributed by atoms with E-state index in [2.05, 4.69) is 22.9 Å². The van der Waals surface area contributed by atoms with Crippen LogP contribution < -0.4 is 0 Å². The standard InChI is InChI=1S/C13H18BrNO2S/c1-10-5-3-4-6-13(10)18(16,17)15-8-7-12(14)11(2)9-15/h3-6,11-12H,7-9H2,1-2H3.